The van der Waals surface area contributed by atoms with Crippen LogP contribution in [0.25, 0.3) is 0 Å². The van der Waals surface area contributed by atoms with Gasteiger partial charge in [-0.3, -0.25) is 4.79 Å². The van der Waals surface area contributed by atoms with Gasteiger partial charge in [0, 0.05) is 23.7 Å². The number of carbonyl (C=O) groups excluding carboxylic acids is 1. The van der Waals surface area contributed by atoms with Gasteiger partial charge in [-0.15, -0.1) is 11.8 Å². The maximum atomic E-state index is 12.9. The molecule has 1 heterocycles. The molecule has 1 amide bonds. The summed E-state index contributed by atoms with van der Waals surface area (Å²) in [4.78, 5) is 13.0. The summed E-state index contributed by atoms with van der Waals surface area (Å²) in [6, 6.07) is 12.1. The second-order valence-electron chi connectivity index (χ2n) is 5.93. The van der Waals surface area contributed by atoms with E-state index in [1.807, 2.05) is 0 Å². The lowest BCUT2D eigenvalue weighted by Crippen LogP contribution is -2.27. The molecule has 0 radical (unpaired) electrons. The van der Waals surface area contributed by atoms with E-state index in [0.29, 0.717) is 18.8 Å². The van der Waals surface area contributed by atoms with Crippen LogP contribution in [0.1, 0.15) is 12.8 Å². The van der Waals surface area contributed by atoms with Gasteiger partial charge in [0.2, 0.25) is 15.9 Å². The Hall–Kier alpha value is -1.90. The molecular weight excluding hydrogens is 375 g/mol. The lowest BCUT2D eigenvalue weighted by Gasteiger charge is -2.15. The molecule has 8 heteroatoms. The second kappa shape index (κ2) is 8.20. The molecule has 26 heavy (non-hydrogen) atoms. The number of nitrogens with one attached hydrogen (secondary N) is 1. The van der Waals surface area contributed by atoms with Crippen molar-refractivity contribution in [3.63, 3.8) is 0 Å². The van der Waals surface area contributed by atoms with Crippen LogP contribution in [0.2, 0.25) is 0 Å². The van der Waals surface area contributed by atoms with E-state index in [0.717, 1.165) is 17.7 Å². The predicted octanol–water partition coefficient (Wildman–Crippen LogP) is 3.34. The first kappa shape index (κ1) is 18.9. The molecule has 2 aromatic carbocycles. The van der Waals surface area contributed by atoms with E-state index < -0.39 is 10.0 Å². The first-order valence-electron chi connectivity index (χ1n) is 8.23. The molecule has 1 fully saturated rings. The van der Waals surface area contributed by atoms with Gasteiger partial charge in [-0.1, -0.05) is 0 Å². The van der Waals surface area contributed by atoms with Crippen molar-refractivity contribution in [3.05, 3.63) is 54.3 Å². The Balaban J connectivity index is 1.56. The number of carbonyl (C=O) groups is 1. The van der Waals surface area contributed by atoms with Gasteiger partial charge in [0.25, 0.3) is 0 Å². The minimum absolute atomic E-state index is 0.180. The minimum atomic E-state index is -3.45. The largest absolute Gasteiger partial charge is 0.325 e. The summed E-state index contributed by atoms with van der Waals surface area (Å²) in [7, 11) is -3.45. The number of rotatable bonds is 6. The zero-order chi connectivity index (χ0) is 18.6. The monoisotopic (exact) mass is 394 g/mol. The number of benzene rings is 2. The Morgan fingerprint density at radius 1 is 1.04 bits per heavy atom. The Kier molecular flexibility index (Phi) is 5.95. The summed E-state index contributed by atoms with van der Waals surface area (Å²) in [6.07, 6.45) is 1.78. The zero-order valence-electron chi connectivity index (χ0n) is 14.0. The van der Waals surface area contributed by atoms with Gasteiger partial charge in [-0.2, -0.15) is 4.31 Å². The third-order valence-corrected chi connectivity index (χ3v) is 6.95. The fourth-order valence-corrected chi connectivity index (χ4v) is 4.88. The number of nitrogens with zero attached hydrogens (tertiary/aromatic N) is 1. The first-order chi connectivity index (χ1) is 12.4. The maximum absolute atomic E-state index is 12.9. The predicted molar refractivity (Wildman–Crippen MR) is 100 cm³/mol. The summed E-state index contributed by atoms with van der Waals surface area (Å²) in [5, 5.41) is 2.73. The lowest BCUT2D eigenvalue weighted by atomic mass is 10.3. The molecule has 1 aliphatic heterocycles. The normalized spacial score (nSPS) is 15.1. The number of hydrogen-bond acceptors (Lipinski definition) is 4. The number of thioether (sulfide) groups is 1. The molecule has 3 rings (SSSR count). The van der Waals surface area contributed by atoms with Gasteiger partial charge in [0.05, 0.1) is 10.6 Å². The van der Waals surface area contributed by atoms with E-state index in [-0.39, 0.29) is 22.4 Å². The fraction of sp³-hybridized carbons (Fsp3) is 0.278. The molecule has 1 aliphatic rings. The third kappa shape index (κ3) is 4.63. The van der Waals surface area contributed by atoms with Crippen molar-refractivity contribution in [3.8, 4) is 0 Å². The maximum Gasteiger partial charge on any atom is 0.243 e. The van der Waals surface area contributed by atoms with Gasteiger partial charge in [-0.25, -0.2) is 12.8 Å². The Labute approximate surface area is 156 Å². The summed E-state index contributed by atoms with van der Waals surface area (Å²) < 4.78 is 39.3. The van der Waals surface area contributed by atoms with Crippen molar-refractivity contribution in [1.29, 1.82) is 0 Å². The third-order valence-electron chi connectivity index (χ3n) is 4.02. The quantitative estimate of drug-likeness (QED) is 0.763. The van der Waals surface area contributed by atoms with Crippen molar-refractivity contribution in [1.82, 2.24) is 4.31 Å². The highest BCUT2D eigenvalue weighted by molar-refractivity contribution is 8.00. The molecule has 0 unspecified atom stereocenters. The number of hydrogen-bond donors (Lipinski definition) is 1. The fourth-order valence-electron chi connectivity index (χ4n) is 2.66. The Morgan fingerprint density at radius 2 is 1.65 bits per heavy atom. The van der Waals surface area contributed by atoms with Gasteiger partial charge in [-0.05, 0) is 61.4 Å². The van der Waals surface area contributed by atoms with Crippen molar-refractivity contribution in [2.45, 2.75) is 22.6 Å². The molecule has 0 saturated carbocycles. The topological polar surface area (TPSA) is 66.5 Å². The molecular formula is C18H19FN2O3S2. The van der Waals surface area contributed by atoms with Gasteiger partial charge < -0.3 is 5.32 Å². The zero-order valence-corrected chi connectivity index (χ0v) is 15.7. The van der Waals surface area contributed by atoms with Crippen molar-refractivity contribution in [2.75, 3.05) is 24.2 Å². The molecule has 5 nitrogen and oxygen atoms in total. The highest BCUT2D eigenvalue weighted by Gasteiger charge is 2.26. The Bertz CT molecular complexity index is 862. The van der Waals surface area contributed by atoms with Crippen LogP contribution >= 0.6 is 11.8 Å². The van der Waals surface area contributed by atoms with Crippen LogP contribution in [0.5, 0.6) is 0 Å². The number of sulfonamides is 1. The van der Waals surface area contributed by atoms with Crippen molar-refractivity contribution in [2.24, 2.45) is 0 Å². The minimum Gasteiger partial charge on any atom is -0.325 e. The number of halogens is 1. The van der Waals surface area contributed by atoms with Crippen LogP contribution in [0, 0.1) is 5.82 Å². The first-order valence-corrected chi connectivity index (χ1v) is 10.7. The molecule has 1 saturated heterocycles. The van der Waals surface area contributed by atoms with E-state index in [2.05, 4.69) is 5.32 Å². The summed E-state index contributed by atoms with van der Waals surface area (Å²) in [6.45, 7) is 1.11. The van der Waals surface area contributed by atoms with Crippen LogP contribution in [0.4, 0.5) is 10.1 Å². The van der Waals surface area contributed by atoms with Gasteiger partial charge >= 0.3 is 0 Å². The molecule has 0 atom stereocenters. The molecule has 0 spiro atoms. The summed E-state index contributed by atoms with van der Waals surface area (Å²) >= 11 is 1.30. The van der Waals surface area contributed by atoms with Crippen LogP contribution in [0.3, 0.4) is 0 Å². The Morgan fingerprint density at radius 3 is 2.27 bits per heavy atom. The number of anilines is 1. The molecule has 0 aromatic heterocycles. The van der Waals surface area contributed by atoms with Crippen LogP contribution in [0.15, 0.2) is 58.3 Å². The van der Waals surface area contributed by atoms with Crippen molar-refractivity contribution >= 4 is 33.4 Å². The lowest BCUT2D eigenvalue weighted by molar-refractivity contribution is -0.113. The average Bonchev–Trinajstić information content (AvgIpc) is 3.17. The number of amides is 1. The van der Waals surface area contributed by atoms with E-state index in [4.69, 9.17) is 0 Å². The SMILES string of the molecule is O=C(CSc1ccc(F)cc1)Nc1ccc(S(=O)(=O)N2CCCC2)cc1. The molecule has 2 aromatic rings. The van der Waals surface area contributed by atoms with Crippen LogP contribution in [-0.2, 0) is 14.8 Å². The molecule has 1 N–H and O–H groups in total. The van der Waals surface area contributed by atoms with Crippen LogP contribution < -0.4 is 5.32 Å². The highest BCUT2D eigenvalue weighted by atomic mass is 32.2. The smallest absolute Gasteiger partial charge is 0.243 e. The average molecular weight is 394 g/mol. The molecule has 138 valence electrons. The van der Waals surface area contributed by atoms with Crippen molar-refractivity contribution < 1.29 is 17.6 Å². The van der Waals surface area contributed by atoms with E-state index in [1.165, 1.54) is 40.3 Å². The van der Waals surface area contributed by atoms with E-state index in [1.54, 1.807) is 24.3 Å². The highest BCUT2D eigenvalue weighted by Crippen LogP contribution is 2.23. The van der Waals surface area contributed by atoms with Gasteiger partial charge in [0.1, 0.15) is 5.82 Å². The van der Waals surface area contributed by atoms with E-state index in [9.17, 15) is 17.6 Å². The second-order valence-corrected chi connectivity index (χ2v) is 8.91. The van der Waals surface area contributed by atoms with Crippen LogP contribution in [-0.4, -0.2) is 37.5 Å². The standard InChI is InChI=1S/C18H19FN2O3S2/c19-14-3-7-16(8-4-14)25-13-18(22)20-15-5-9-17(10-6-15)26(23,24)21-11-1-2-12-21/h3-10H,1-2,11-13H2,(H,20,22). The van der Waals surface area contributed by atoms with E-state index >= 15 is 0 Å². The molecule has 0 bridgehead atoms. The summed E-state index contributed by atoms with van der Waals surface area (Å²) in [5.74, 6) is -0.350. The van der Waals surface area contributed by atoms with Gasteiger partial charge in [0.15, 0.2) is 0 Å². The summed E-state index contributed by atoms with van der Waals surface area (Å²) in [5.41, 5.74) is 0.537. The molecule has 0 aliphatic carbocycles.